The van der Waals surface area contributed by atoms with Gasteiger partial charge in [0.25, 0.3) is 5.91 Å². The molecule has 0 atom stereocenters. The number of rotatable bonds is 8. The van der Waals surface area contributed by atoms with Crippen molar-refractivity contribution in [2.45, 2.75) is 0 Å². The normalized spacial score (nSPS) is 11.0. The number of ether oxygens (including phenoxy) is 4. The summed E-state index contributed by atoms with van der Waals surface area (Å²) < 4.78 is 22.7. The van der Waals surface area contributed by atoms with Crippen molar-refractivity contribution < 1.29 is 28.5 Å². The maximum atomic E-state index is 13.2. The van der Waals surface area contributed by atoms with E-state index >= 15 is 0 Å². The zero-order valence-electron chi connectivity index (χ0n) is 20.0. The van der Waals surface area contributed by atoms with Crippen molar-refractivity contribution in [1.82, 2.24) is 9.55 Å². The summed E-state index contributed by atoms with van der Waals surface area (Å²) in [6, 6.07) is 20.3. The minimum absolute atomic E-state index is 0.216. The molecule has 0 saturated heterocycles. The molecule has 0 radical (unpaired) electrons. The van der Waals surface area contributed by atoms with Gasteiger partial charge in [-0.2, -0.15) is 0 Å². The molecule has 0 bridgehead atoms. The van der Waals surface area contributed by atoms with Crippen LogP contribution in [0.5, 0.6) is 17.2 Å². The van der Waals surface area contributed by atoms with Gasteiger partial charge < -0.3 is 18.9 Å². The molecule has 0 spiro atoms. The van der Waals surface area contributed by atoms with Gasteiger partial charge >= 0.3 is 5.97 Å². The first-order valence-corrected chi connectivity index (χ1v) is 11.0. The van der Waals surface area contributed by atoms with Gasteiger partial charge in [-0.05, 0) is 72.8 Å². The highest BCUT2D eigenvalue weighted by molar-refractivity contribution is 5.98. The van der Waals surface area contributed by atoms with Crippen LogP contribution in [0.15, 0.2) is 85.2 Å². The molecular weight excluding hydrogens is 460 g/mol. The third-order valence-corrected chi connectivity index (χ3v) is 5.39. The van der Waals surface area contributed by atoms with Gasteiger partial charge in [0, 0.05) is 29.6 Å². The fourth-order valence-electron chi connectivity index (χ4n) is 3.40. The highest BCUT2D eigenvalue weighted by Crippen LogP contribution is 2.24. The van der Waals surface area contributed by atoms with Crippen molar-refractivity contribution in [3.63, 3.8) is 0 Å². The summed E-state index contributed by atoms with van der Waals surface area (Å²) in [5.41, 5.74) is 1.39. The van der Waals surface area contributed by atoms with E-state index in [0.29, 0.717) is 39.8 Å². The van der Waals surface area contributed by atoms with Crippen LogP contribution in [0.1, 0.15) is 32.1 Å². The molecule has 36 heavy (non-hydrogen) atoms. The van der Waals surface area contributed by atoms with Crippen LogP contribution in [0, 0.1) is 0 Å². The lowest BCUT2D eigenvalue weighted by atomic mass is 10.1. The number of imidazole rings is 1. The van der Waals surface area contributed by atoms with Crippen LogP contribution in [-0.4, -0.2) is 42.8 Å². The summed E-state index contributed by atoms with van der Waals surface area (Å²) in [5, 5.41) is 0. The standard InChI is InChI=1S/C28H24N2O6/c1-33-22-10-4-19(5-11-22)25(36-28(32)21-8-14-24(35-3)15-9-21)18-26-29-16-17-30(26)27(31)20-6-12-23(34-2)13-7-20/h4-18H,1-3H3/b25-18+. The summed E-state index contributed by atoms with van der Waals surface area (Å²) in [5.74, 6) is 1.56. The van der Waals surface area contributed by atoms with Crippen molar-refractivity contribution >= 4 is 23.7 Å². The topological polar surface area (TPSA) is 88.9 Å². The smallest absolute Gasteiger partial charge is 0.343 e. The molecule has 4 rings (SSSR count). The second-order valence-corrected chi connectivity index (χ2v) is 7.54. The van der Waals surface area contributed by atoms with Gasteiger partial charge in [-0.1, -0.05) is 0 Å². The summed E-state index contributed by atoms with van der Waals surface area (Å²) in [6.45, 7) is 0. The van der Waals surface area contributed by atoms with Crippen LogP contribution in [-0.2, 0) is 4.74 Å². The van der Waals surface area contributed by atoms with Gasteiger partial charge in [-0.3, -0.25) is 9.36 Å². The Morgan fingerprint density at radius 2 is 1.17 bits per heavy atom. The molecule has 0 N–H and O–H groups in total. The maximum absolute atomic E-state index is 13.2. The number of hydrogen-bond acceptors (Lipinski definition) is 7. The van der Waals surface area contributed by atoms with Crippen LogP contribution in [0.3, 0.4) is 0 Å². The van der Waals surface area contributed by atoms with Crippen LogP contribution in [0.25, 0.3) is 11.8 Å². The minimum Gasteiger partial charge on any atom is -0.497 e. The quantitative estimate of drug-likeness (QED) is 0.258. The third-order valence-electron chi connectivity index (χ3n) is 5.39. The van der Waals surface area contributed by atoms with Gasteiger partial charge in [0.2, 0.25) is 0 Å². The monoisotopic (exact) mass is 484 g/mol. The Labute approximate surface area is 208 Å². The van der Waals surface area contributed by atoms with E-state index in [1.54, 1.807) is 106 Å². The first kappa shape index (κ1) is 24.3. The van der Waals surface area contributed by atoms with E-state index in [0.717, 1.165) is 0 Å². The molecule has 8 heteroatoms. The van der Waals surface area contributed by atoms with Gasteiger partial charge in [0.05, 0.1) is 26.9 Å². The number of hydrogen-bond donors (Lipinski definition) is 0. The largest absolute Gasteiger partial charge is 0.497 e. The fraction of sp³-hybridized carbons (Fsp3) is 0.107. The zero-order chi connectivity index (χ0) is 25.5. The van der Waals surface area contributed by atoms with E-state index in [9.17, 15) is 9.59 Å². The molecule has 0 fully saturated rings. The molecule has 0 aliphatic rings. The fourth-order valence-corrected chi connectivity index (χ4v) is 3.40. The summed E-state index contributed by atoms with van der Waals surface area (Å²) in [6.07, 6.45) is 4.60. The average Bonchev–Trinajstić information content (AvgIpc) is 3.40. The molecule has 1 aromatic heterocycles. The van der Waals surface area contributed by atoms with Gasteiger partial charge in [0.15, 0.2) is 0 Å². The van der Waals surface area contributed by atoms with E-state index < -0.39 is 5.97 Å². The lowest BCUT2D eigenvalue weighted by molar-refractivity contribution is 0.0693. The SMILES string of the molecule is COc1ccc(C(=O)O/C(=C/c2nccn2C(=O)c2ccc(OC)cc2)c2ccc(OC)cc2)cc1. The Morgan fingerprint density at radius 1 is 0.694 bits per heavy atom. The van der Waals surface area contributed by atoms with Crippen LogP contribution < -0.4 is 14.2 Å². The number of carbonyl (C=O) groups excluding carboxylic acids is 2. The molecule has 0 amide bonds. The van der Waals surface area contributed by atoms with Crippen molar-refractivity contribution in [2.75, 3.05) is 21.3 Å². The van der Waals surface area contributed by atoms with E-state index in [4.69, 9.17) is 18.9 Å². The van der Waals surface area contributed by atoms with Crippen molar-refractivity contribution in [2.24, 2.45) is 0 Å². The Bertz CT molecular complexity index is 1370. The average molecular weight is 485 g/mol. The first-order chi connectivity index (χ1) is 17.5. The second kappa shape index (κ2) is 11.1. The number of nitrogens with zero attached hydrogens (tertiary/aromatic N) is 2. The predicted octanol–water partition coefficient (Wildman–Crippen LogP) is 4.95. The number of benzene rings is 3. The lowest BCUT2D eigenvalue weighted by Crippen LogP contribution is -2.13. The third kappa shape index (κ3) is 5.44. The van der Waals surface area contributed by atoms with E-state index in [1.807, 2.05) is 0 Å². The van der Waals surface area contributed by atoms with Crippen molar-refractivity contribution in [1.29, 1.82) is 0 Å². The molecule has 182 valence electrons. The van der Waals surface area contributed by atoms with Crippen LogP contribution in [0.2, 0.25) is 0 Å². The number of methoxy groups -OCH3 is 3. The van der Waals surface area contributed by atoms with E-state index in [-0.39, 0.29) is 11.7 Å². The molecule has 3 aromatic carbocycles. The maximum Gasteiger partial charge on any atom is 0.343 e. The van der Waals surface area contributed by atoms with E-state index in [1.165, 1.54) is 10.8 Å². The molecule has 0 aliphatic carbocycles. The van der Waals surface area contributed by atoms with Crippen molar-refractivity contribution in [3.8, 4) is 17.2 Å². The van der Waals surface area contributed by atoms with Crippen LogP contribution in [0.4, 0.5) is 0 Å². The second-order valence-electron chi connectivity index (χ2n) is 7.54. The predicted molar refractivity (Wildman–Crippen MR) is 134 cm³/mol. The first-order valence-electron chi connectivity index (χ1n) is 11.0. The summed E-state index contributed by atoms with van der Waals surface area (Å²) >= 11 is 0. The summed E-state index contributed by atoms with van der Waals surface area (Å²) in [4.78, 5) is 30.4. The highest BCUT2D eigenvalue weighted by Gasteiger charge is 2.17. The Balaban J connectivity index is 1.69. The van der Waals surface area contributed by atoms with Crippen molar-refractivity contribution in [3.05, 3.63) is 108 Å². The molecule has 8 nitrogen and oxygen atoms in total. The van der Waals surface area contributed by atoms with Gasteiger partial charge in [-0.25, -0.2) is 9.78 Å². The number of esters is 1. The van der Waals surface area contributed by atoms with Crippen LogP contribution >= 0.6 is 0 Å². The molecular formula is C28H24N2O6. The number of aromatic nitrogens is 2. The Kier molecular flexibility index (Phi) is 7.45. The molecule has 0 aliphatic heterocycles. The highest BCUT2D eigenvalue weighted by atomic mass is 16.5. The van der Waals surface area contributed by atoms with Gasteiger partial charge in [-0.15, -0.1) is 0 Å². The minimum atomic E-state index is -0.570. The number of carbonyl (C=O) groups is 2. The molecule has 0 saturated carbocycles. The molecule has 4 aromatic rings. The lowest BCUT2D eigenvalue weighted by Gasteiger charge is -2.11. The zero-order valence-corrected chi connectivity index (χ0v) is 20.0. The molecule has 1 heterocycles. The Hall–Kier alpha value is -4.85. The summed E-state index contributed by atoms with van der Waals surface area (Å²) in [7, 11) is 4.67. The Morgan fingerprint density at radius 3 is 1.67 bits per heavy atom. The van der Waals surface area contributed by atoms with E-state index in [2.05, 4.69) is 4.98 Å². The molecule has 0 unspecified atom stereocenters. The van der Waals surface area contributed by atoms with Gasteiger partial charge in [0.1, 0.15) is 28.8 Å².